The monoisotopic (exact) mass is 324 g/mol. The van der Waals surface area contributed by atoms with Crippen molar-refractivity contribution in [3.05, 3.63) is 51.4 Å². The Balaban J connectivity index is 2.12. The molecule has 1 aromatic heterocycles. The van der Waals surface area contributed by atoms with E-state index in [2.05, 4.69) is 15.9 Å². The molecule has 0 bridgehead atoms. The molecule has 0 unspecified atom stereocenters. The van der Waals surface area contributed by atoms with Gasteiger partial charge in [-0.15, -0.1) is 0 Å². The Hall–Kier alpha value is -1.75. The van der Waals surface area contributed by atoms with Gasteiger partial charge in [0.05, 0.1) is 0 Å². The van der Waals surface area contributed by atoms with Crippen LogP contribution in [0.2, 0.25) is 0 Å². The molecule has 100 valence electrons. The maximum atomic E-state index is 10.8. The number of aryl methyl sites for hydroxylation is 2. The average Bonchev–Trinajstić information content (AvgIpc) is 2.70. The number of ether oxygens (including phenoxy) is 1. The SMILES string of the molecule is Cc1cc(Br)ccc1OCc1cc(C(=O)O)oc1C. The lowest BCUT2D eigenvalue weighted by Crippen LogP contribution is -1.97. The second-order valence-electron chi connectivity index (χ2n) is 4.20. The first-order valence-electron chi connectivity index (χ1n) is 5.69. The number of aromatic carboxylic acids is 1. The van der Waals surface area contributed by atoms with Gasteiger partial charge < -0.3 is 14.3 Å². The molecule has 2 aromatic rings. The molecule has 0 saturated carbocycles. The van der Waals surface area contributed by atoms with E-state index in [1.54, 1.807) is 6.92 Å². The van der Waals surface area contributed by atoms with Crippen molar-refractivity contribution in [2.45, 2.75) is 20.5 Å². The number of benzene rings is 1. The van der Waals surface area contributed by atoms with Crippen LogP contribution in [0.3, 0.4) is 0 Å². The van der Waals surface area contributed by atoms with E-state index >= 15 is 0 Å². The molecule has 0 aliphatic rings. The van der Waals surface area contributed by atoms with Crippen LogP contribution in [-0.2, 0) is 6.61 Å². The second-order valence-corrected chi connectivity index (χ2v) is 5.11. The summed E-state index contributed by atoms with van der Waals surface area (Å²) in [5.41, 5.74) is 1.74. The van der Waals surface area contributed by atoms with Gasteiger partial charge in [0.25, 0.3) is 0 Å². The normalized spacial score (nSPS) is 10.5. The van der Waals surface area contributed by atoms with Gasteiger partial charge in [-0.25, -0.2) is 4.79 Å². The van der Waals surface area contributed by atoms with E-state index in [0.717, 1.165) is 21.3 Å². The first kappa shape index (κ1) is 13.7. The van der Waals surface area contributed by atoms with Crippen molar-refractivity contribution in [1.82, 2.24) is 0 Å². The largest absolute Gasteiger partial charge is 0.489 e. The summed E-state index contributed by atoms with van der Waals surface area (Å²) in [6, 6.07) is 7.21. The van der Waals surface area contributed by atoms with Gasteiger partial charge >= 0.3 is 5.97 Å². The van der Waals surface area contributed by atoms with Gasteiger partial charge in [0.15, 0.2) is 0 Å². The van der Waals surface area contributed by atoms with E-state index in [9.17, 15) is 4.79 Å². The lowest BCUT2D eigenvalue weighted by atomic mass is 10.2. The topological polar surface area (TPSA) is 59.7 Å². The van der Waals surface area contributed by atoms with Crippen molar-refractivity contribution >= 4 is 21.9 Å². The van der Waals surface area contributed by atoms with Crippen LogP contribution < -0.4 is 4.74 Å². The third-order valence-corrected chi connectivity index (χ3v) is 3.24. The van der Waals surface area contributed by atoms with Crippen LogP contribution in [0.4, 0.5) is 0 Å². The zero-order valence-corrected chi connectivity index (χ0v) is 12.2. The van der Waals surface area contributed by atoms with Crippen molar-refractivity contribution in [2.24, 2.45) is 0 Å². The molecule has 2 rings (SSSR count). The van der Waals surface area contributed by atoms with Crippen LogP contribution in [0, 0.1) is 13.8 Å². The predicted octanol–water partition coefficient (Wildman–Crippen LogP) is 3.94. The molecule has 1 aromatic carbocycles. The number of hydrogen-bond donors (Lipinski definition) is 1. The number of carboxylic acids is 1. The zero-order chi connectivity index (χ0) is 14.0. The minimum atomic E-state index is -1.07. The Kier molecular flexibility index (Phi) is 3.95. The maximum Gasteiger partial charge on any atom is 0.371 e. The van der Waals surface area contributed by atoms with E-state index in [0.29, 0.717) is 5.76 Å². The standard InChI is InChI=1S/C14H13BrO4/c1-8-5-11(15)3-4-12(8)18-7-10-6-13(14(16)17)19-9(10)2/h3-6H,7H2,1-2H3,(H,16,17). The number of rotatable bonds is 4. The Bertz CT molecular complexity index is 616. The first-order valence-corrected chi connectivity index (χ1v) is 6.48. The van der Waals surface area contributed by atoms with E-state index in [1.165, 1.54) is 6.07 Å². The first-order chi connectivity index (χ1) is 8.97. The fourth-order valence-corrected chi connectivity index (χ4v) is 2.17. The molecular formula is C14H13BrO4. The smallest absolute Gasteiger partial charge is 0.371 e. The molecular weight excluding hydrogens is 312 g/mol. The van der Waals surface area contributed by atoms with Crippen LogP contribution in [0.1, 0.15) is 27.4 Å². The summed E-state index contributed by atoms with van der Waals surface area (Å²) >= 11 is 3.39. The molecule has 19 heavy (non-hydrogen) atoms. The van der Waals surface area contributed by atoms with Crippen molar-refractivity contribution < 1.29 is 19.1 Å². The number of furan rings is 1. The molecule has 0 amide bonds. The Labute approximate surface area is 119 Å². The molecule has 0 aliphatic carbocycles. The van der Waals surface area contributed by atoms with Crippen molar-refractivity contribution in [2.75, 3.05) is 0 Å². The fraction of sp³-hybridized carbons (Fsp3) is 0.214. The van der Waals surface area contributed by atoms with Crippen LogP contribution in [0.15, 0.2) is 33.2 Å². The minimum Gasteiger partial charge on any atom is -0.489 e. The molecule has 1 heterocycles. The summed E-state index contributed by atoms with van der Waals surface area (Å²) in [5, 5.41) is 8.84. The Morgan fingerprint density at radius 1 is 1.37 bits per heavy atom. The third-order valence-electron chi connectivity index (χ3n) is 2.75. The van der Waals surface area contributed by atoms with Crippen molar-refractivity contribution in [3.63, 3.8) is 0 Å². The molecule has 5 heteroatoms. The van der Waals surface area contributed by atoms with Crippen LogP contribution in [0.5, 0.6) is 5.75 Å². The Morgan fingerprint density at radius 3 is 2.68 bits per heavy atom. The molecule has 4 nitrogen and oxygen atoms in total. The number of halogens is 1. The van der Waals surface area contributed by atoms with Crippen LogP contribution >= 0.6 is 15.9 Å². The number of carbonyl (C=O) groups is 1. The maximum absolute atomic E-state index is 10.8. The molecule has 0 atom stereocenters. The summed E-state index contributed by atoms with van der Waals surface area (Å²) in [6.45, 7) is 3.95. The van der Waals surface area contributed by atoms with Gasteiger partial charge in [0, 0.05) is 10.0 Å². The fourth-order valence-electron chi connectivity index (χ4n) is 1.70. The van der Waals surface area contributed by atoms with E-state index < -0.39 is 5.97 Å². The van der Waals surface area contributed by atoms with Gasteiger partial charge in [-0.3, -0.25) is 0 Å². The highest BCUT2D eigenvalue weighted by Gasteiger charge is 2.13. The molecule has 0 fully saturated rings. The molecule has 0 spiro atoms. The molecule has 0 radical (unpaired) electrons. The van der Waals surface area contributed by atoms with Crippen molar-refractivity contribution in [1.29, 1.82) is 0 Å². The lowest BCUT2D eigenvalue weighted by molar-refractivity contribution is 0.0661. The van der Waals surface area contributed by atoms with Gasteiger partial charge in [0.1, 0.15) is 18.1 Å². The van der Waals surface area contributed by atoms with Gasteiger partial charge in [0.2, 0.25) is 5.76 Å². The predicted molar refractivity (Wildman–Crippen MR) is 73.6 cm³/mol. The second kappa shape index (κ2) is 5.48. The molecule has 0 aliphatic heterocycles. The summed E-state index contributed by atoms with van der Waals surface area (Å²) in [7, 11) is 0. The summed E-state index contributed by atoms with van der Waals surface area (Å²) in [6.07, 6.45) is 0. The lowest BCUT2D eigenvalue weighted by Gasteiger charge is -2.08. The molecule has 1 N–H and O–H groups in total. The number of hydrogen-bond acceptors (Lipinski definition) is 3. The highest BCUT2D eigenvalue weighted by molar-refractivity contribution is 9.10. The highest BCUT2D eigenvalue weighted by Crippen LogP contribution is 2.24. The van der Waals surface area contributed by atoms with E-state index in [-0.39, 0.29) is 12.4 Å². The zero-order valence-electron chi connectivity index (χ0n) is 10.6. The Morgan fingerprint density at radius 2 is 2.11 bits per heavy atom. The van der Waals surface area contributed by atoms with E-state index in [1.807, 2.05) is 25.1 Å². The average molecular weight is 325 g/mol. The van der Waals surface area contributed by atoms with Crippen LogP contribution in [0.25, 0.3) is 0 Å². The molecule has 0 saturated heterocycles. The van der Waals surface area contributed by atoms with Crippen molar-refractivity contribution in [3.8, 4) is 5.75 Å². The van der Waals surface area contributed by atoms with Crippen LogP contribution in [-0.4, -0.2) is 11.1 Å². The highest BCUT2D eigenvalue weighted by atomic mass is 79.9. The van der Waals surface area contributed by atoms with E-state index in [4.69, 9.17) is 14.3 Å². The third kappa shape index (κ3) is 3.17. The quantitative estimate of drug-likeness (QED) is 0.925. The number of carboxylic acid groups (broad SMARTS) is 1. The van der Waals surface area contributed by atoms with Gasteiger partial charge in [-0.05, 0) is 43.7 Å². The summed E-state index contributed by atoms with van der Waals surface area (Å²) in [5.74, 6) is 0.186. The summed E-state index contributed by atoms with van der Waals surface area (Å²) < 4.78 is 11.8. The minimum absolute atomic E-state index is 0.0661. The summed E-state index contributed by atoms with van der Waals surface area (Å²) in [4.78, 5) is 10.8. The van der Waals surface area contributed by atoms with Gasteiger partial charge in [-0.2, -0.15) is 0 Å². The van der Waals surface area contributed by atoms with Gasteiger partial charge in [-0.1, -0.05) is 15.9 Å².